The van der Waals surface area contributed by atoms with Gasteiger partial charge >= 0.3 is 18.1 Å². The first-order chi connectivity index (χ1) is 18.5. The Bertz CT molecular complexity index is 1360. The van der Waals surface area contributed by atoms with Gasteiger partial charge in [-0.1, -0.05) is 18.2 Å². The third-order valence-corrected chi connectivity index (χ3v) is 6.63. The molecule has 0 amide bonds. The molecule has 2 atom stereocenters. The van der Waals surface area contributed by atoms with Crippen LogP contribution in [-0.4, -0.2) is 30.9 Å². The number of rotatable bonds is 6. The van der Waals surface area contributed by atoms with Crippen LogP contribution in [0.1, 0.15) is 43.7 Å². The van der Waals surface area contributed by atoms with Gasteiger partial charge in [-0.15, -0.1) is 0 Å². The van der Waals surface area contributed by atoms with E-state index in [1.807, 2.05) is 0 Å². The van der Waals surface area contributed by atoms with Crippen molar-refractivity contribution in [3.8, 4) is 0 Å². The lowest BCUT2D eigenvalue weighted by Gasteiger charge is -2.41. The van der Waals surface area contributed by atoms with Gasteiger partial charge in [-0.25, -0.2) is 9.18 Å². The number of halogens is 4. The summed E-state index contributed by atoms with van der Waals surface area (Å²) in [5, 5.41) is 0. The second-order valence-corrected chi connectivity index (χ2v) is 8.96. The first-order valence-electron chi connectivity index (χ1n) is 12.3. The standard InChI is InChI=1S/C28H26F4N2O5/c1-3-38-26(36)19-12-13-20-22(24(19)35)21(15-8-10-17(29)11-9-15)23(27(37)39-4-2)25(33)34(20)18-7-5-6-16(14-18)28(30,31)32/h5-11,14,19,21H,3-4,12-13,33H2,1-2H3/t19-,21+/m1/s1. The number of esters is 2. The quantitative estimate of drug-likeness (QED) is 0.310. The average Bonchev–Trinajstić information content (AvgIpc) is 2.88. The number of nitrogens with zero attached hydrogens (tertiary/aromatic N) is 1. The van der Waals surface area contributed by atoms with E-state index in [0.717, 1.165) is 24.3 Å². The molecule has 1 aliphatic heterocycles. The van der Waals surface area contributed by atoms with Gasteiger partial charge in [0.1, 0.15) is 17.6 Å². The van der Waals surface area contributed by atoms with Gasteiger partial charge in [-0.2, -0.15) is 13.2 Å². The maximum absolute atomic E-state index is 13.9. The fraction of sp³-hybridized carbons (Fsp3) is 0.321. The Morgan fingerprint density at radius 1 is 1.05 bits per heavy atom. The molecule has 0 saturated heterocycles. The van der Waals surface area contributed by atoms with E-state index in [0.29, 0.717) is 5.56 Å². The zero-order valence-electron chi connectivity index (χ0n) is 21.2. The maximum atomic E-state index is 13.9. The number of ketones is 1. The molecule has 0 radical (unpaired) electrons. The fourth-order valence-electron chi connectivity index (χ4n) is 4.98. The van der Waals surface area contributed by atoms with Gasteiger partial charge < -0.3 is 15.2 Å². The minimum absolute atomic E-state index is 0.0134. The van der Waals surface area contributed by atoms with Crippen LogP contribution < -0.4 is 10.6 Å². The molecular formula is C28H26F4N2O5. The largest absolute Gasteiger partial charge is 0.465 e. The zero-order chi connectivity index (χ0) is 28.5. The normalized spacial score (nSPS) is 19.6. The SMILES string of the molecule is CCOC(=O)C1=C(N)N(c2cccc(C(F)(F)F)c2)C2=C(C(=O)[C@H](C(=O)OCC)CC2)[C@@H]1c1ccc(F)cc1. The van der Waals surface area contributed by atoms with Gasteiger partial charge in [0.2, 0.25) is 0 Å². The number of alkyl halides is 3. The van der Waals surface area contributed by atoms with Gasteiger partial charge in [-0.05, 0) is 62.6 Å². The van der Waals surface area contributed by atoms with Gasteiger partial charge in [0, 0.05) is 17.0 Å². The fourth-order valence-corrected chi connectivity index (χ4v) is 4.98. The van der Waals surface area contributed by atoms with E-state index in [2.05, 4.69) is 0 Å². The smallest absolute Gasteiger partial charge is 0.416 e. The summed E-state index contributed by atoms with van der Waals surface area (Å²) in [6.45, 7) is 3.13. The number of benzene rings is 2. The molecule has 2 aliphatic rings. The molecule has 206 valence electrons. The third-order valence-electron chi connectivity index (χ3n) is 6.63. The number of carbonyl (C=O) groups excluding carboxylic acids is 3. The number of allylic oxidation sites excluding steroid dienone is 2. The van der Waals surface area contributed by atoms with E-state index in [9.17, 15) is 31.9 Å². The monoisotopic (exact) mass is 546 g/mol. The van der Waals surface area contributed by atoms with Crippen molar-refractivity contribution in [3.63, 3.8) is 0 Å². The highest BCUT2D eigenvalue weighted by Crippen LogP contribution is 2.48. The summed E-state index contributed by atoms with van der Waals surface area (Å²) >= 11 is 0. The van der Waals surface area contributed by atoms with Crippen molar-refractivity contribution in [2.24, 2.45) is 11.7 Å². The molecule has 0 unspecified atom stereocenters. The molecule has 1 aliphatic carbocycles. The number of Topliss-reactive ketones (excluding diaryl/α,β-unsaturated/α-hetero) is 1. The topological polar surface area (TPSA) is 98.9 Å². The molecule has 1 heterocycles. The van der Waals surface area contributed by atoms with E-state index >= 15 is 0 Å². The summed E-state index contributed by atoms with van der Waals surface area (Å²) in [4.78, 5) is 41.1. The van der Waals surface area contributed by atoms with Crippen LogP contribution in [0, 0.1) is 11.7 Å². The van der Waals surface area contributed by atoms with Crippen LogP contribution in [-0.2, 0) is 30.0 Å². The lowest BCUT2D eigenvalue weighted by atomic mass is 9.72. The Morgan fingerprint density at radius 3 is 2.33 bits per heavy atom. The van der Waals surface area contributed by atoms with Crippen LogP contribution in [0.25, 0.3) is 0 Å². The minimum Gasteiger partial charge on any atom is -0.465 e. The zero-order valence-corrected chi connectivity index (χ0v) is 21.2. The number of hydrogen-bond donors (Lipinski definition) is 1. The molecule has 0 fully saturated rings. The highest BCUT2D eigenvalue weighted by Gasteiger charge is 2.47. The molecule has 2 aromatic rings. The molecular weight excluding hydrogens is 520 g/mol. The van der Waals surface area contributed by atoms with E-state index in [1.54, 1.807) is 13.8 Å². The van der Waals surface area contributed by atoms with Gasteiger partial charge in [-0.3, -0.25) is 14.5 Å². The van der Waals surface area contributed by atoms with E-state index < -0.39 is 47.1 Å². The summed E-state index contributed by atoms with van der Waals surface area (Å²) in [5.74, 6) is -5.47. The van der Waals surface area contributed by atoms with Crippen LogP contribution in [0.5, 0.6) is 0 Å². The van der Waals surface area contributed by atoms with Gasteiger partial charge in [0.25, 0.3) is 0 Å². The molecule has 2 N–H and O–H groups in total. The predicted molar refractivity (Wildman–Crippen MR) is 132 cm³/mol. The second kappa shape index (κ2) is 10.9. The Labute approximate surface area is 221 Å². The average molecular weight is 547 g/mol. The van der Waals surface area contributed by atoms with Crippen molar-refractivity contribution in [1.82, 2.24) is 0 Å². The minimum atomic E-state index is -4.67. The summed E-state index contributed by atoms with van der Waals surface area (Å²) in [5.41, 5.74) is 5.85. The van der Waals surface area contributed by atoms with Crippen molar-refractivity contribution < 1.29 is 41.4 Å². The predicted octanol–water partition coefficient (Wildman–Crippen LogP) is 4.98. The highest BCUT2D eigenvalue weighted by molar-refractivity contribution is 6.13. The number of carbonyl (C=O) groups is 3. The lowest BCUT2D eigenvalue weighted by Crippen LogP contribution is -2.44. The van der Waals surface area contributed by atoms with Gasteiger partial charge in [0.15, 0.2) is 5.78 Å². The lowest BCUT2D eigenvalue weighted by molar-refractivity contribution is -0.151. The Morgan fingerprint density at radius 2 is 1.72 bits per heavy atom. The first-order valence-corrected chi connectivity index (χ1v) is 12.3. The third kappa shape index (κ3) is 5.25. The summed E-state index contributed by atoms with van der Waals surface area (Å²) < 4.78 is 64.9. The first kappa shape index (κ1) is 27.9. The molecule has 7 nitrogen and oxygen atoms in total. The molecule has 0 aromatic heterocycles. The number of hydrogen-bond acceptors (Lipinski definition) is 7. The number of anilines is 1. The second-order valence-electron chi connectivity index (χ2n) is 8.96. The van der Waals surface area contributed by atoms with Crippen molar-refractivity contribution in [1.29, 1.82) is 0 Å². The Hall–Kier alpha value is -4.15. The van der Waals surface area contributed by atoms with Crippen molar-refractivity contribution in [2.45, 2.75) is 38.8 Å². The summed E-state index contributed by atoms with van der Waals surface area (Å²) in [7, 11) is 0. The molecule has 4 rings (SSSR count). The molecule has 0 saturated carbocycles. The van der Waals surface area contributed by atoms with E-state index in [-0.39, 0.29) is 54.4 Å². The maximum Gasteiger partial charge on any atom is 0.416 e. The van der Waals surface area contributed by atoms with Crippen molar-refractivity contribution >= 4 is 23.4 Å². The van der Waals surface area contributed by atoms with Crippen molar-refractivity contribution in [2.75, 3.05) is 18.1 Å². The van der Waals surface area contributed by atoms with E-state index in [4.69, 9.17) is 15.2 Å². The van der Waals surface area contributed by atoms with Crippen molar-refractivity contribution in [3.05, 3.63) is 88.1 Å². The summed E-state index contributed by atoms with van der Waals surface area (Å²) in [6, 6.07) is 9.34. The molecule has 11 heteroatoms. The van der Waals surface area contributed by atoms with Crippen LogP contribution in [0.3, 0.4) is 0 Å². The van der Waals surface area contributed by atoms with Crippen LogP contribution in [0.2, 0.25) is 0 Å². The molecule has 0 bridgehead atoms. The van der Waals surface area contributed by atoms with E-state index in [1.165, 1.54) is 29.2 Å². The number of ether oxygens (including phenoxy) is 2. The number of nitrogens with two attached hydrogens (primary N) is 1. The molecule has 2 aromatic carbocycles. The highest BCUT2D eigenvalue weighted by atomic mass is 19.4. The molecule has 39 heavy (non-hydrogen) atoms. The Kier molecular flexibility index (Phi) is 7.80. The van der Waals surface area contributed by atoms with Crippen LogP contribution in [0.15, 0.2) is 71.2 Å². The van der Waals surface area contributed by atoms with Crippen LogP contribution in [0.4, 0.5) is 23.2 Å². The van der Waals surface area contributed by atoms with Gasteiger partial charge in [0.05, 0.1) is 30.3 Å². The summed E-state index contributed by atoms with van der Waals surface area (Å²) in [6.07, 6.45) is -4.58. The van der Waals surface area contributed by atoms with Crippen LogP contribution >= 0.6 is 0 Å². The molecule has 0 spiro atoms. The Balaban J connectivity index is 2.00.